The molecule has 0 saturated carbocycles. The van der Waals surface area contributed by atoms with E-state index in [4.69, 9.17) is 28.7 Å². The summed E-state index contributed by atoms with van der Waals surface area (Å²) in [5, 5.41) is 3.02. The van der Waals surface area contributed by atoms with Gasteiger partial charge in [-0.15, -0.1) is 0 Å². The van der Waals surface area contributed by atoms with Crippen LogP contribution in [0.4, 0.5) is 0 Å². The molecule has 1 N–H and O–H groups in total. The second-order valence-corrected chi connectivity index (χ2v) is 10.4. The number of carbonyl (C=O) groups excluding carboxylic acids is 1. The van der Waals surface area contributed by atoms with E-state index in [1.54, 1.807) is 0 Å². The highest BCUT2D eigenvalue weighted by atomic mass is 16.9. The Morgan fingerprint density at radius 1 is 0.889 bits per heavy atom. The average Bonchev–Trinajstić information content (AvgIpc) is 3.46. The summed E-state index contributed by atoms with van der Waals surface area (Å²) in [6.45, 7) is 8.16. The van der Waals surface area contributed by atoms with Gasteiger partial charge in [0.05, 0.1) is 17.6 Å². The van der Waals surface area contributed by atoms with E-state index in [1.807, 2.05) is 70.2 Å². The van der Waals surface area contributed by atoms with Gasteiger partial charge in [0, 0.05) is 6.54 Å². The van der Waals surface area contributed by atoms with Gasteiger partial charge < -0.3 is 33.6 Å². The van der Waals surface area contributed by atoms with Crippen molar-refractivity contribution in [2.45, 2.75) is 83.1 Å². The quantitative estimate of drug-likeness (QED) is 0.584. The Kier molecular flexibility index (Phi) is 5.66. The lowest BCUT2D eigenvalue weighted by Crippen LogP contribution is -2.59. The highest BCUT2D eigenvalue weighted by Crippen LogP contribution is 2.44. The van der Waals surface area contributed by atoms with Crippen molar-refractivity contribution in [3.8, 4) is 0 Å². The molecule has 5 atom stereocenters. The van der Waals surface area contributed by atoms with Crippen molar-refractivity contribution < 1.29 is 28.5 Å². The number of hydrogen-bond acceptors (Lipinski definition) is 7. The van der Waals surface area contributed by atoms with Gasteiger partial charge >= 0.3 is 0 Å². The number of amides is 1. The van der Waals surface area contributed by atoms with Gasteiger partial charge in [-0.2, -0.15) is 0 Å². The van der Waals surface area contributed by atoms with Gasteiger partial charge in [0.15, 0.2) is 24.0 Å². The number of benzene rings is 2. The van der Waals surface area contributed by atoms with E-state index in [0.717, 1.165) is 22.4 Å². The van der Waals surface area contributed by atoms with E-state index in [1.165, 1.54) is 0 Å². The number of hydrogen-bond donors (Lipinski definition) is 1. The van der Waals surface area contributed by atoms with E-state index in [-0.39, 0.29) is 12.5 Å². The van der Waals surface area contributed by atoms with Crippen LogP contribution in [0.2, 0.25) is 0 Å². The van der Waals surface area contributed by atoms with Gasteiger partial charge in [-0.1, -0.05) is 42.5 Å². The SMILES string of the molecule is CC1(C)O[C@H]2[C@@H](O1)[C@H](C(=O)NCc1nc3ccccc3n1Cc1ccccc1)O[C@H]1OC(C)(C)O[C@@H]12. The summed E-state index contributed by atoms with van der Waals surface area (Å²) in [4.78, 5) is 18.2. The zero-order chi connectivity index (χ0) is 25.1. The first kappa shape index (κ1) is 23.6. The summed E-state index contributed by atoms with van der Waals surface area (Å²) in [7, 11) is 0. The Labute approximate surface area is 209 Å². The number of ether oxygens (including phenoxy) is 5. The minimum Gasteiger partial charge on any atom is -0.347 e. The zero-order valence-electron chi connectivity index (χ0n) is 20.8. The molecule has 190 valence electrons. The maximum absolute atomic E-state index is 13.5. The van der Waals surface area contributed by atoms with E-state index in [0.29, 0.717) is 6.54 Å². The molecule has 2 aromatic carbocycles. The Morgan fingerprint density at radius 3 is 2.36 bits per heavy atom. The molecule has 1 aromatic heterocycles. The van der Waals surface area contributed by atoms with Crippen LogP contribution >= 0.6 is 0 Å². The van der Waals surface area contributed by atoms with Crippen LogP contribution in [-0.4, -0.2) is 57.7 Å². The summed E-state index contributed by atoms with van der Waals surface area (Å²) in [5.74, 6) is -1.27. The molecule has 9 heteroatoms. The molecule has 36 heavy (non-hydrogen) atoms. The molecule has 0 bridgehead atoms. The number of para-hydroxylation sites is 2. The highest BCUT2D eigenvalue weighted by molar-refractivity contribution is 5.82. The third kappa shape index (κ3) is 4.31. The van der Waals surface area contributed by atoms with Crippen LogP contribution in [-0.2, 0) is 41.6 Å². The highest BCUT2D eigenvalue weighted by Gasteiger charge is 2.62. The average molecular weight is 494 g/mol. The maximum Gasteiger partial charge on any atom is 0.252 e. The van der Waals surface area contributed by atoms with Gasteiger partial charge in [0.25, 0.3) is 5.91 Å². The van der Waals surface area contributed by atoms with Crippen LogP contribution in [0.1, 0.15) is 39.1 Å². The fourth-order valence-corrected chi connectivity index (χ4v) is 5.29. The molecule has 1 amide bonds. The molecule has 0 radical (unpaired) electrons. The fraction of sp³-hybridized carbons (Fsp3) is 0.481. The minimum absolute atomic E-state index is 0.235. The predicted octanol–water partition coefficient (Wildman–Crippen LogP) is 3.10. The van der Waals surface area contributed by atoms with E-state index in [2.05, 4.69) is 22.0 Å². The Bertz CT molecular complexity index is 1270. The second kappa shape index (κ2) is 8.64. The second-order valence-electron chi connectivity index (χ2n) is 10.4. The van der Waals surface area contributed by atoms with Crippen LogP contribution < -0.4 is 5.32 Å². The van der Waals surface area contributed by atoms with Gasteiger partial charge in [-0.25, -0.2) is 4.98 Å². The lowest BCUT2D eigenvalue weighted by Gasteiger charge is -2.36. The number of imidazole rings is 1. The van der Waals surface area contributed by atoms with Crippen LogP contribution in [0.3, 0.4) is 0 Å². The first-order valence-corrected chi connectivity index (χ1v) is 12.3. The molecule has 3 aliphatic rings. The number of aromatic nitrogens is 2. The van der Waals surface area contributed by atoms with E-state index in [9.17, 15) is 4.79 Å². The molecular weight excluding hydrogens is 462 g/mol. The van der Waals surface area contributed by atoms with E-state index >= 15 is 0 Å². The molecule has 3 aromatic rings. The molecule has 3 fully saturated rings. The van der Waals surface area contributed by atoms with Gasteiger partial charge in [0.2, 0.25) is 0 Å². The third-order valence-corrected chi connectivity index (χ3v) is 6.75. The number of carbonyl (C=O) groups is 1. The smallest absolute Gasteiger partial charge is 0.252 e. The number of nitrogens with one attached hydrogen (secondary N) is 1. The summed E-state index contributed by atoms with van der Waals surface area (Å²) < 4.78 is 32.4. The lowest BCUT2D eigenvalue weighted by atomic mass is 9.98. The molecule has 9 nitrogen and oxygen atoms in total. The van der Waals surface area contributed by atoms with Crippen molar-refractivity contribution in [2.75, 3.05) is 0 Å². The van der Waals surface area contributed by atoms with Crippen molar-refractivity contribution in [3.05, 3.63) is 66.0 Å². The molecule has 4 heterocycles. The molecule has 3 aliphatic heterocycles. The Balaban J connectivity index is 1.23. The topological polar surface area (TPSA) is 93.1 Å². The largest absolute Gasteiger partial charge is 0.347 e. The molecule has 0 spiro atoms. The summed E-state index contributed by atoms with van der Waals surface area (Å²) in [6.07, 6.45) is -3.23. The van der Waals surface area contributed by atoms with Crippen LogP contribution in [0, 0.1) is 0 Å². The van der Waals surface area contributed by atoms with Crippen LogP contribution in [0.5, 0.6) is 0 Å². The first-order chi connectivity index (χ1) is 17.2. The Morgan fingerprint density at radius 2 is 1.56 bits per heavy atom. The summed E-state index contributed by atoms with van der Waals surface area (Å²) in [5.41, 5.74) is 3.04. The van der Waals surface area contributed by atoms with Crippen molar-refractivity contribution in [2.24, 2.45) is 0 Å². The molecule has 3 saturated heterocycles. The van der Waals surface area contributed by atoms with Crippen LogP contribution in [0.25, 0.3) is 11.0 Å². The molecule has 6 rings (SSSR count). The summed E-state index contributed by atoms with van der Waals surface area (Å²) >= 11 is 0. The third-order valence-electron chi connectivity index (χ3n) is 6.75. The van der Waals surface area contributed by atoms with Gasteiger partial charge in [-0.05, 0) is 45.4 Å². The predicted molar refractivity (Wildman–Crippen MR) is 130 cm³/mol. The van der Waals surface area contributed by atoms with Crippen LogP contribution in [0.15, 0.2) is 54.6 Å². The van der Waals surface area contributed by atoms with Gasteiger partial charge in [-0.3, -0.25) is 4.79 Å². The minimum atomic E-state index is -0.914. The molecule has 0 aliphatic carbocycles. The van der Waals surface area contributed by atoms with Gasteiger partial charge in [0.1, 0.15) is 24.1 Å². The number of nitrogens with zero attached hydrogens (tertiary/aromatic N) is 2. The van der Waals surface area contributed by atoms with Crippen molar-refractivity contribution in [1.29, 1.82) is 0 Å². The first-order valence-electron chi connectivity index (χ1n) is 12.3. The zero-order valence-corrected chi connectivity index (χ0v) is 20.8. The van der Waals surface area contributed by atoms with Crippen molar-refractivity contribution >= 4 is 16.9 Å². The summed E-state index contributed by atoms with van der Waals surface area (Å²) in [6, 6.07) is 18.1. The number of rotatable bonds is 5. The normalized spacial score (nSPS) is 30.2. The molecular formula is C27H31N3O6. The van der Waals surface area contributed by atoms with Crippen molar-refractivity contribution in [3.63, 3.8) is 0 Å². The maximum atomic E-state index is 13.5. The Hall–Kier alpha value is -2.82. The standard InChI is InChI=1S/C27H31N3O6/c1-26(2)33-20-21(34-26)23-25(36-27(3,4)35-23)32-22(20)24(31)28-14-19-29-17-12-8-9-13-18(17)30(19)15-16-10-6-5-7-11-16/h5-13,20-23,25H,14-15H2,1-4H3,(H,28,31)/t20-,21+,22-,23-,25+/m1/s1. The fourth-order valence-electron chi connectivity index (χ4n) is 5.29. The van der Waals surface area contributed by atoms with E-state index < -0.39 is 42.3 Å². The monoisotopic (exact) mass is 493 g/mol. The molecule has 0 unspecified atom stereocenters. The number of fused-ring (bicyclic) bond motifs is 4. The lowest BCUT2D eigenvalue weighted by molar-refractivity contribution is -0.231. The van der Waals surface area contributed by atoms with Crippen molar-refractivity contribution in [1.82, 2.24) is 14.9 Å².